The van der Waals surface area contributed by atoms with E-state index in [0.29, 0.717) is 10.7 Å². The Labute approximate surface area is 120 Å². The Balaban J connectivity index is 2.42. The molecule has 2 rings (SSSR count). The predicted octanol–water partition coefficient (Wildman–Crippen LogP) is 4.18. The molecule has 0 unspecified atom stereocenters. The molecule has 2 N–H and O–H groups in total. The number of rotatable bonds is 3. The Kier molecular flexibility index (Phi) is 3.99. The van der Waals surface area contributed by atoms with Gasteiger partial charge in [0.2, 0.25) is 0 Å². The molecule has 0 saturated carbocycles. The summed E-state index contributed by atoms with van der Waals surface area (Å²) < 4.78 is 6.85. The van der Waals surface area contributed by atoms with Gasteiger partial charge in [0.1, 0.15) is 16.5 Å². The van der Waals surface area contributed by atoms with Crippen molar-refractivity contribution in [2.45, 2.75) is 6.92 Å². The van der Waals surface area contributed by atoms with E-state index in [-0.39, 0.29) is 0 Å². The summed E-state index contributed by atoms with van der Waals surface area (Å²) in [6.45, 7) is 1.97. The number of hydrogen-bond donors (Lipinski definition) is 1. The first-order chi connectivity index (χ1) is 8.58. The van der Waals surface area contributed by atoms with Crippen LogP contribution in [0.1, 0.15) is 11.1 Å². The predicted molar refractivity (Wildman–Crippen MR) is 81.3 cm³/mol. The van der Waals surface area contributed by atoms with Gasteiger partial charge in [-0.1, -0.05) is 46.3 Å². The number of aryl methyl sites for hydroxylation is 1. The quantitative estimate of drug-likeness (QED) is 0.861. The van der Waals surface area contributed by atoms with E-state index in [2.05, 4.69) is 15.9 Å². The maximum Gasteiger partial charge on any atom is 0.140 e. The van der Waals surface area contributed by atoms with Crippen LogP contribution in [0.3, 0.4) is 0 Å². The molecule has 0 aliphatic heterocycles. The topological polar surface area (TPSA) is 35.2 Å². The van der Waals surface area contributed by atoms with Crippen LogP contribution in [0.25, 0.3) is 0 Å². The van der Waals surface area contributed by atoms with E-state index in [4.69, 9.17) is 22.7 Å². The van der Waals surface area contributed by atoms with Gasteiger partial charge >= 0.3 is 0 Å². The molecule has 0 amide bonds. The summed E-state index contributed by atoms with van der Waals surface area (Å²) in [6.07, 6.45) is 0. The van der Waals surface area contributed by atoms with Crippen LogP contribution in [0.15, 0.2) is 46.9 Å². The minimum absolute atomic E-state index is 0.337. The van der Waals surface area contributed by atoms with Crippen molar-refractivity contribution in [3.63, 3.8) is 0 Å². The van der Waals surface area contributed by atoms with Gasteiger partial charge in [-0.05, 0) is 36.8 Å². The number of nitrogens with two attached hydrogens (primary N) is 1. The summed E-state index contributed by atoms with van der Waals surface area (Å²) in [5, 5.41) is 0. The van der Waals surface area contributed by atoms with Crippen molar-refractivity contribution >= 4 is 33.1 Å². The highest BCUT2D eigenvalue weighted by Crippen LogP contribution is 2.30. The number of hydrogen-bond acceptors (Lipinski definition) is 2. The van der Waals surface area contributed by atoms with Gasteiger partial charge in [0.25, 0.3) is 0 Å². The van der Waals surface area contributed by atoms with Gasteiger partial charge in [-0.25, -0.2) is 0 Å². The summed E-state index contributed by atoms with van der Waals surface area (Å²) in [5.41, 5.74) is 7.46. The van der Waals surface area contributed by atoms with Gasteiger partial charge in [0.15, 0.2) is 0 Å². The molecule has 0 heterocycles. The van der Waals surface area contributed by atoms with E-state index in [0.717, 1.165) is 21.3 Å². The fraction of sp³-hybridized carbons (Fsp3) is 0.0714. The van der Waals surface area contributed by atoms with Crippen LogP contribution in [0.5, 0.6) is 11.5 Å². The van der Waals surface area contributed by atoms with Crippen LogP contribution in [-0.2, 0) is 0 Å². The normalized spacial score (nSPS) is 10.1. The number of para-hydroxylation sites is 1. The van der Waals surface area contributed by atoms with Gasteiger partial charge in [-0.15, -0.1) is 0 Å². The number of thiocarbonyl (C=S) groups is 1. The lowest BCUT2D eigenvalue weighted by molar-refractivity contribution is 0.477. The number of ether oxygens (including phenoxy) is 1. The van der Waals surface area contributed by atoms with Crippen molar-refractivity contribution in [2.75, 3.05) is 0 Å². The Hall–Kier alpha value is -1.39. The van der Waals surface area contributed by atoms with E-state index in [1.54, 1.807) is 0 Å². The Morgan fingerprint density at radius 1 is 1.22 bits per heavy atom. The monoisotopic (exact) mass is 321 g/mol. The number of halogens is 1. The van der Waals surface area contributed by atoms with Crippen LogP contribution in [-0.4, -0.2) is 4.99 Å². The maximum absolute atomic E-state index is 5.88. The summed E-state index contributed by atoms with van der Waals surface area (Å²) in [5.74, 6) is 1.46. The van der Waals surface area contributed by atoms with Crippen LogP contribution < -0.4 is 10.5 Å². The average Bonchev–Trinajstić information content (AvgIpc) is 2.31. The van der Waals surface area contributed by atoms with Crippen molar-refractivity contribution in [3.8, 4) is 11.5 Å². The summed E-state index contributed by atoms with van der Waals surface area (Å²) >= 11 is 8.45. The van der Waals surface area contributed by atoms with E-state index >= 15 is 0 Å². The van der Waals surface area contributed by atoms with Gasteiger partial charge in [0.05, 0.1) is 5.56 Å². The Morgan fingerprint density at radius 3 is 2.61 bits per heavy atom. The Bertz CT molecular complexity index is 598. The molecular weight excluding hydrogens is 310 g/mol. The van der Waals surface area contributed by atoms with Gasteiger partial charge in [-0.3, -0.25) is 0 Å². The lowest BCUT2D eigenvalue weighted by Crippen LogP contribution is -2.11. The SMILES string of the molecule is Cc1cccc(C(N)=S)c1Oc1cccc(Br)c1. The average molecular weight is 322 g/mol. The minimum Gasteiger partial charge on any atom is -0.456 e. The molecule has 4 heteroatoms. The van der Waals surface area contributed by atoms with Crippen molar-refractivity contribution in [3.05, 3.63) is 58.1 Å². The van der Waals surface area contributed by atoms with Crippen LogP contribution >= 0.6 is 28.1 Å². The second kappa shape index (κ2) is 5.50. The molecule has 0 aliphatic rings. The van der Waals surface area contributed by atoms with Crippen molar-refractivity contribution in [2.24, 2.45) is 5.73 Å². The Morgan fingerprint density at radius 2 is 1.94 bits per heavy atom. The molecule has 2 aromatic carbocycles. The molecule has 0 radical (unpaired) electrons. The third kappa shape index (κ3) is 2.89. The summed E-state index contributed by atoms with van der Waals surface area (Å²) in [4.78, 5) is 0.337. The second-order valence-corrected chi connectivity index (χ2v) is 5.23. The fourth-order valence-corrected chi connectivity index (χ4v) is 2.17. The number of benzene rings is 2. The first-order valence-corrected chi connectivity index (χ1v) is 6.61. The van der Waals surface area contributed by atoms with Gasteiger partial charge < -0.3 is 10.5 Å². The lowest BCUT2D eigenvalue weighted by atomic mass is 10.1. The molecule has 92 valence electrons. The molecule has 0 saturated heterocycles. The molecule has 2 nitrogen and oxygen atoms in total. The highest BCUT2D eigenvalue weighted by Gasteiger charge is 2.10. The van der Waals surface area contributed by atoms with Crippen molar-refractivity contribution in [1.29, 1.82) is 0 Å². The molecule has 0 spiro atoms. The zero-order chi connectivity index (χ0) is 13.1. The van der Waals surface area contributed by atoms with Gasteiger partial charge in [0, 0.05) is 4.47 Å². The fourth-order valence-electron chi connectivity index (χ4n) is 1.63. The largest absolute Gasteiger partial charge is 0.456 e. The molecule has 0 aliphatic carbocycles. The smallest absolute Gasteiger partial charge is 0.140 e. The first-order valence-electron chi connectivity index (χ1n) is 5.41. The minimum atomic E-state index is 0.337. The molecular formula is C14H12BrNOS. The molecule has 2 aromatic rings. The van der Waals surface area contributed by atoms with Gasteiger partial charge in [-0.2, -0.15) is 0 Å². The van der Waals surface area contributed by atoms with E-state index in [1.165, 1.54) is 0 Å². The molecule has 0 aromatic heterocycles. The zero-order valence-corrected chi connectivity index (χ0v) is 12.2. The third-order valence-corrected chi connectivity index (χ3v) is 3.21. The van der Waals surface area contributed by atoms with E-state index in [9.17, 15) is 0 Å². The van der Waals surface area contributed by atoms with Crippen LogP contribution in [0.2, 0.25) is 0 Å². The molecule has 0 fully saturated rings. The van der Waals surface area contributed by atoms with Crippen molar-refractivity contribution in [1.82, 2.24) is 0 Å². The molecule has 0 atom stereocenters. The summed E-state index contributed by atoms with van der Waals surface area (Å²) in [7, 11) is 0. The molecule has 0 bridgehead atoms. The standard InChI is InChI=1S/C14H12BrNOS/c1-9-4-2-7-12(14(16)18)13(9)17-11-6-3-5-10(15)8-11/h2-8H,1H3,(H2,16,18). The first kappa shape index (κ1) is 13.1. The highest BCUT2D eigenvalue weighted by molar-refractivity contribution is 9.10. The second-order valence-electron chi connectivity index (χ2n) is 3.88. The van der Waals surface area contributed by atoms with Crippen LogP contribution in [0.4, 0.5) is 0 Å². The summed E-state index contributed by atoms with van der Waals surface area (Å²) in [6, 6.07) is 13.4. The lowest BCUT2D eigenvalue weighted by Gasteiger charge is -2.13. The highest BCUT2D eigenvalue weighted by atomic mass is 79.9. The van der Waals surface area contributed by atoms with E-state index < -0.39 is 0 Å². The zero-order valence-electron chi connectivity index (χ0n) is 9.81. The van der Waals surface area contributed by atoms with E-state index in [1.807, 2.05) is 49.4 Å². The third-order valence-electron chi connectivity index (χ3n) is 2.49. The molecule has 18 heavy (non-hydrogen) atoms. The van der Waals surface area contributed by atoms with Crippen LogP contribution in [0, 0.1) is 6.92 Å². The van der Waals surface area contributed by atoms with Crippen molar-refractivity contribution < 1.29 is 4.74 Å². The maximum atomic E-state index is 5.88.